The number of anilines is 1. The summed E-state index contributed by atoms with van der Waals surface area (Å²) in [6, 6.07) is 25.2. The van der Waals surface area contributed by atoms with E-state index in [1.807, 2.05) is 30.3 Å². The summed E-state index contributed by atoms with van der Waals surface area (Å²) in [4.78, 5) is 45.7. The summed E-state index contributed by atoms with van der Waals surface area (Å²) in [5.74, 6) is -0.178. The normalized spacial score (nSPS) is 19.7. The summed E-state index contributed by atoms with van der Waals surface area (Å²) in [5, 5.41) is 11.4. The predicted octanol–water partition coefficient (Wildman–Crippen LogP) is 7.33. The first kappa shape index (κ1) is 25.4. The third-order valence-electron chi connectivity index (χ3n) is 7.52. The van der Waals surface area contributed by atoms with Crippen molar-refractivity contribution < 1.29 is 18.9 Å². The molecule has 200 valence electrons. The van der Waals surface area contributed by atoms with Gasteiger partial charge < -0.3 is 4.42 Å². The predicted molar refractivity (Wildman–Crippen MR) is 152 cm³/mol. The largest absolute Gasteiger partial charge is 0.459 e. The quantitative estimate of drug-likeness (QED) is 0.202. The van der Waals surface area contributed by atoms with Crippen LogP contribution in [0.2, 0.25) is 0 Å². The highest BCUT2D eigenvalue weighted by molar-refractivity contribution is 6.15. The molecule has 3 aromatic carbocycles. The van der Waals surface area contributed by atoms with Crippen LogP contribution in [0.25, 0.3) is 11.3 Å². The van der Waals surface area contributed by atoms with E-state index in [4.69, 9.17) is 9.41 Å². The molecule has 40 heavy (non-hydrogen) atoms. The van der Waals surface area contributed by atoms with Crippen molar-refractivity contribution in [2.24, 2.45) is 16.3 Å². The van der Waals surface area contributed by atoms with Crippen molar-refractivity contribution in [3.8, 4) is 11.3 Å². The fourth-order valence-corrected chi connectivity index (χ4v) is 5.80. The molecule has 2 heterocycles. The number of carbonyl (C=O) groups is 2. The standard InChI is InChI=1S/C32H27N3O5/c1-32(2)18-24-29(26(36)19-32)30(28-16-15-27(40-28)21-11-8-12-22(17-21)35(38)39)34(25-14-7-6-13-23(25)33-24)31(37)20-9-4-3-5-10-20/h3-17,29-30H,18-19H2,1-2H3. The molecule has 2 atom stereocenters. The first-order valence-electron chi connectivity index (χ1n) is 13.1. The number of hydrogen-bond donors (Lipinski definition) is 0. The minimum atomic E-state index is -0.800. The first-order chi connectivity index (χ1) is 19.2. The Balaban J connectivity index is 1.55. The number of hydrogen-bond acceptors (Lipinski definition) is 6. The average Bonchev–Trinajstić information content (AvgIpc) is 3.37. The van der Waals surface area contributed by atoms with Gasteiger partial charge in [0.15, 0.2) is 0 Å². The minimum absolute atomic E-state index is 0.00744. The summed E-state index contributed by atoms with van der Waals surface area (Å²) in [5.41, 5.74) is 2.59. The molecule has 8 heteroatoms. The van der Waals surface area contributed by atoms with Crippen molar-refractivity contribution in [1.82, 2.24) is 0 Å². The fraction of sp³-hybridized carbons (Fsp3) is 0.219. The Kier molecular flexibility index (Phi) is 6.18. The molecule has 2 unspecified atom stereocenters. The molecule has 1 saturated carbocycles. The number of fused-ring (bicyclic) bond motifs is 2. The highest BCUT2D eigenvalue weighted by atomic mass is 16.6. The smallest absolute Gasteiger partial charge is 0.270 e. The van der Waals surface area contributed by atoms with Crippen LogP contribution in [0.5, 0.6) is 0 Å². The maximum absolute atomic E-state index is 14.3. The second-order valence-corrected chi connectivity index (χ2v) is 11.0. The van der Waals surface area contributed by atoms with Crippen molar-refractivity contribution >= 4 is 34.5 Å². The van der Waals surface area contributed by atoms with Gasteiger partial charge in [-0.15, -0.1) is 0 Å². The highest BCUT2D eigenvalue weighted by Gasteiger charge is 2.49. The lowest BCUT2D eigenvalue weighted by molar-refractivity contribution is -0.384. The van der Waals surface area contributed by atoms with Crippen LogP contribution in [-0.4, -0.2) is 22.3 Å². The summed E-state index contributed by atoms with van der Waals surface area (Å²) >= 11 is 0. The number of aliphatic imine (C=N–C) groups is 1. The van der Waals surface area contributed by atoms with Crippen molar-refractivity contribution in [3.05, 3.63) is 112 Å². The summed E-state index contributed by atoms with van der Waals surface area (Å²) in [7, 11) is 0. The van der Waals surface area contributed by atoms with Crippen LogP contribution in [0.3, 0.4) is 0 Å². The molecule has 0 radical (unpaired) electrons. The van der Waals surface area contributed by atoms with Gasteiger partial charge in [-0.1, -0.05) is 56.3 Å². The van der Waals surface area contributed by atoms with Crippen LogP contribution >= 0.6 is 0 Å². The monoisotopic (exact) mass is 533 g/mol. The molecule has 0 spiro atoms. The third kappa shape index (κ3) is 4.51. The SMILES string of the molecule is CC1(C)CC(=O)C2C(=Nc3ccccc3N(C(=O)c3ccccc3)C2c2ccc(-c3cccc([N+](=O)[O-])c3)o2)C1. The van der Waals surface area contributed by atoms with Crippen molar-refractivity contribution in [3.63, 3.8) is 0 Å². The Bertz CT molecular complexity index is 1670. The molecule has 1 amide bonds. The zero-order valence-electron chi connectivity index (χ0n) is 22.1. The number of rotatable bonds is 4. The molecular weight excluding hydrogens is 506 g/mol. The molecule has 1 aromatic heterocycles. The van der Waals surface area contributed by atoms with E-state index in [1.165, 1.54) is 12.1 Å². The van der Waals surface area contributed by atoms with E-state index < -0.39 is 16.9 Å². The molecular formula is C32H27N3O5. The van der Waals surface area contributed by atoms with E-state index in [9.17, 15) is 19.7 Å². The number of nitro groups is 1. The van der Waals surface area contributed by atoms with Gasteiger partial charge in [0, 0.05) is 35.4 Å². The van der Waals surface area contributed by atoms with Gasteiger partial charge in [0.25, 0.3) is 11.6 Å². The average molecular weight is 534 g/mol. The zero-order valence-corrected chi connectivity index (χ0v) is 22.1. The van der Waals surface area contributed by atoms with Gasteiger partial charge in [-0.25, -0.2) is 0 Å². The lowest BCUT2D eigenvalue weighted by Crippen LogP contribution is -2.47. The maximum Gasteiger partial charge on any atom is 0.270 e. The number of furan rings is 1. The minimum Gasteiger partial charge on any atom is -0.459 e. The number of nitrogens with zero attached hydrogens (tertiary/aromatic N) is 3. The number of non-ortho nitro benzene ring substituents is 1. The summed E-state index contributed by atoms with van der Waals surface area (Å²) < 4.78 is 6.36. The van der Waals surface area contributed by atoms with E-state index in [0.717, 1.165) is 5.71 Å². The van der Waals surface area contributed by atoms with Crippen LogP contribution in [0.15, 0.2) is 100 Å². The maximum atomic E-state index is 14.3. The van der Waals surface area contributed by atoms with Gasteiger partial charge in [0.1, 0.15) is 23.3 Å². The van der Waals surface area contributed by atoms with Crippen LogP contribution < -0.4 is 4.90 Å². The lowest BCUT2D eigenvalue weighted by Gasteiger charge is -2.39. The molecule has 2 aliphatic rings. The molecule has 6 rings (SSSR count). The molecule has 1 fully saturated rings. The fourth-order valence-electron chi connectivity index (χ4n) is 5.80. The Morgan fingerprint density at radius 2 is 1.73 bits per heavy atom. The molecule has 0 N–H and O–H groups in total. The Morgan fingerprint density at radius 1 is 0.975 bits per heavy atom. The molecule has 1 aliphatic heterocycles. The number of ketones is 1. The second kappa shape index (κ2) is 9.72. The van der Waals surface area contributed by atoms with Crippen molar-refractivity contribution in [2.45, 2.75) is 32.7 Å². The molecule has 0 saturated heterocycles. The number of amides is 1. The second-order valence-electron chi connectivity index (χ2n) is 11.0. The van der Waals surface area contributed by atoms with Crippen LogP contribution in [0.1, 0.15) is 48.8 Å². The topological polar surface area (TPSA) is 106 Å². The van der Waals surface area contributed by atoms with Crippen molar-refractivity contribution in [1.29, 1.82) is 0 Å². The molecule has 8 nitrogen and oxygen atoms in total. The zero-order chi connectivity index (χ0) is 28.0. The van der Waals surface area contributed by atoms with Crippen molar-refractivity contribution in [2.75, 3.05) is 4.90 Å². The number of Topliss-reactive ketones (excluding diaryl/α,β-unsaturated/α-hetero) is 1. The van der Waals surface area contributed by atoms with Crippen LogP contribution in [0.4, 0.5) is 17.1 Å². The molecule has 0 bridgehead atoms. The highest BCUT2D eigenvalue weighted by Crippen LogP contribution is 2.49. The number of benzene rings is 3. The van der Waals surface area contributed by atoms with E-state index in [1.54, 1.807) is 53.4 Å². The molecule has 4 aromatic rings. The van der Waals surface area contributed by atoms with E-state index in [-0.39, 0.29) is 22.8 Å². The van der Waals surface area contributed by atoms with Gasteiger partial charge >= 0.3 is 0 Å². The van der Waals surface area contributed by atoms with Crippen LogP contribution in [0, 0.1) is 21.4 Å². The lowest BCUT2D eigenvalue weighted by atomic mass is 9.68. The number of nitro benzene ring substituents is 1. The van der Waals surface area contributed by atoms with Gasteiger partial charge in [-0.05, 0) is 48.2 Å². The summed E-state index contributed by atoms with van der Waals surface area (Å²) in [6.07, 6.45) is 0.940. The van der Waals surface area contributed by atoms with Gasteiger partial charge in [-0.2, -0.15) is 0 Å². The Labute approximate surface area is 231 Å². The Morgan fingerprint density at radius 3 is 2.50 bits per heavy atom. The molecule has 1 aliphatic carbocycles. The first-order valence-corrected chi connectivity index (χ1v) is 13.1. The Hall–Kier alpha value is -4.85. The van der Waals surface area contributed by atoms with E-state index >= 15 is 0 Å². The number of para-hydroxylation sites is 2. The third-order valence-corrected chi connectivity index (χ3v) is 7.52. The van der Waals surface area contributed by atoms with E-state index in [2.05, 4.69) is 13.8 Å². The van der Waals surface area contributed by atoms with E-state index in [0.29, 0.717) is 46.9 Å². The van der Waals surface area contributed by atoms with Gasteiger partial charge in [0.2, 0.25) is 0 Å². The summed E-state index contributed by atoms with van der Waals surface area (Å²) in [6.45, 7) is 4.10. The number of carbonyl (C=O) groups excluding carboxylic acids is 2. The van der Waals surface area contributed by atoms with Gasteiger partial charge in [0.05, 0.1) is 22.2 Å². The van der Waals surface area contributed by atoms with Crippen LogP contribution in [-0.2, 0) is 4.79 Å². The van der Waals surface area contributed by atoms with Gasteiger partial charge in [-0.3, -0.25) is 29.6 Å².